The minimum absolute atomic E-state index is 0.121. The molecule has 0 saturated heterocycles. The molecule has 27 heavy (non-hydrogen) atoms. The van der Waals surface area contributed by atoms with E-state index in [4.69, 9.17) is 0 Å². The van der Waals surface area contributed by atoms with Gasteiger partial charge in [0.25, 0.3) is 5.91 Å². The van der Waals surface area contributed by atoms with Gasteiger partial charge in [-0.25, -0.2) is 4.39 Å². The van der Waals surface area contributed by atoms with Gasteiger partial charge >= 0.3 is 0 Å². The van der Waals surface area contributed by atoms with Crippen LogP contribution in [-0.4, -0.2) is 16.1 Å². The summed E-state index contributed by atoms with van der Waals surface area (Å²) in [7, 11) is 0. The van der Waals surface area contributed by atoms with Crippen LogP contribution in [0.1, 0.15) is 47.2 Å². The Bertz CT molecular complexity index is 980. The number of aromatic amines is 1. The fourth-order valence-electron chi connectivity index (χ4n) is 3.58. The largest absolute Gasteiger partial charge is 0.295 e. The molecule has 1 unspecified atom stereocenters. The van der Waals surface area contributed by atoms with E-state index in [0.717, 1.165) is 33.4 Å². The van der Waals surface area contributed by atoms with E-state index >= 15 is 0 Å². The van der Waals surface area contributed by atoms with Crippen molar-refractivity contribution in [2.45, 2.75) is 26.3 Å². The normalized spacial score (nSPS) is 16.3. The van der Waals surface area contributed by atoms with E-state index in [1.165, 1.54) is 12.1 Å². The van der Waals surface area contributed by atoms with Crippen molar-refractivity contribution >= 4 is 27.5 Å². The molecule has 3 aromatic rings. The van der Waals surface area contributed by atoms with Gasteiger partial charge < -0.3 is 0 Å². The van der Waals surface area contributed by atoms with E-state index in [-0.39, 0.29) is 17.8 Å². The van der Waals surface area contributed by atoms with Gasteiger partial charge in [0, 0.05) is 15.7 Å². The number of amides is 1. The summed E-state index contributed by atoms with van der Waals surface area (Å²) in [5.74, 6) is -0.0136. The molecule has 0 radical (unpaired) electrons. The van der Waals surface area contributed by atoms with Gasteiger partial charge in [-0.1, -0.05) is 41.9 Å². The first kappa shape index (κ1) is 17.9. The SMILES string of the molecule is CC(C)Cc1n[nH]c2c1C(c1ccc(F)cc1)N(c1ccc(Br)cc1)C2=O. The molecule has 0 bridgehead atoms. The van der Waals surface area contributed by atoms with Crippen molar-refractivity contribution in [3.05, 3.63) is 81.3 Å². The van der Waals surface area contributed by atoms with Crippen molar-refractivity contribution in [1.82, 2.24) is 10.2 Å². The molecule has 1 aromatic heterocycles. The molecule has 1 aliphatic rings. The Morgan fingerprint density at radius 3 is 2.44 bits per heavy atom. The predicted octanol–water partition coefficient (Wildman–Crippen LogP) is 5.26. The van der Waals surface area contributed by atoms with Gasteiger partial charge in [-0.05, 0) is 54.3 Å². The summed E-state index contributed by atoms with van der Waals surface area (Å²) in [5, 5.41) is 7.35. The molecule has 0 spiro atoms. The lowest BCUT2D eigenvalue weighted by molar-refractivity contribution is 0.0988. The standard InChI is InChI=1S/C21H19BrFN3O/c1-12(2)11-17-18-19(25-24-17)21(27)26(16-9-5-14(22)6-10-16)20(18)13-3-7-15(23)8-4-13/h3-10,12,20H,11H2,1-2H3,(H,24,25). The quantitative estimate of drug-likeness (QED) is 0.617. The molecule has 4 rings (SSSR count). The number of H-pyrrole nitrogens is 1. The second kappa shape index (κ2) is 6.93. The van der Waals surface area contributed by atoms with Gasteiger partial charge in [-0.2, -0.15) is 5.10 Å². The number of hydrogen-bond donors (Lipinski definition) is 1. The number of carbonyl (C=O) groups is 1. The Morgan fingerprint density at radius 2 is 1.81 bits per heavy atom. The highest BCUT2D eigenvalue weighted by Gasteiger charge is 2.42. The van der Waals surface area contributed by atoms with Crippen LogP contribution in [0.2, 0.25) is 0 Å². The summed E-state index contributed by atoms with van der Waals surface area (Å²) in [5.41, 5.74) is 3.95. The molecular formula is C21H19BrFN3O. The zero-order valence-electron chi connectivity index (χ0n) is 15.0. The van der Waals surface area contributed by atoms with Crippen LogP contribution in [0, 0.1) is 11.7 Å². The summed E-state index contributed by atoms with van der Waals surface area (Å²) >= 11 is 3.44. The van der Waals surface area contributed by atoms with E-state index in [0.29, 0.717) is 11.6 Å². The van der Waals surface area contributed by atoms with Crippen LogP contribution < -0.4 is 4.90 Å². The molecular weight excluding hydrogens is 409 g/mol. The summed E-state index contributed by atoms with van der Waals surface area (Å²) < 4.78 is 14.4. The number of fused-ring (bicyclic) bond motifs is 1. The van der Waals surface area contributed by atoms with Crippen LogP contribution in [0.4, 0.5) is 10.1 Å². The van der Waals surface area contributed by atoms with Crippen LogP contribution in [0.15, 0.2) is 53.0 Å². The highest BCUT2D eigenvalue weighted by atomic mass is 79.9. The number of nitrogens with zero attached hydrogens (tertiary/aromatic N) is 2. The van der Waals surface area contributed by atoms with Gasteiger partial charge in [0.15, 0.2) is 0 Å². The third-order valence-corrected chi connectivity index (χ3v) is 5.27. The Labute approximate surface area is 165 Å². The highest BCUT2D eigenvalue weighted by Crippen LogP contribution is 2.43. The third kappa shape index (κ3) is 3.18. The molecule has 1 atom stereocenters. The van der Waals surface area contributed by atoms with E-state index in [2.05, 4.69) is 40.0 Å². The molecule has 0 aliphatic carbocycles. The highest BCUT2D eigenvalue weighted by molar-refractivity contribution is 9.10. The maximum absolute atomic E-state index is 13.5. The number of rotatable bonds is 4. The molecule has 1 aliphatic heterocycles. The first-order valence-corrected chi connectivity index (χ1v) is 9.66. The summed E-state index contributed by atoms with van der Waals surface area (Å²) in [6.07, 6.45) is 0.769. The third-order valence-electron chi connectivity index (χ3n) is 4.74. The van der Waals surface area contributed by atoms with Crippen LogP contribution in [0.5, 0.6) is 0 Å². The maximum Gasteiger partial charge on any atom is 0.277 e. The number of carbonyl (C=O) groups excluding carboxylic acids is 1. The smallest absolute Gasteiger partial charge is 0.277 e. The second-order valence-electron chi connectivity index (χ2n) is 7.16. The van der Waals surface area contributed by atoms with Crippen molar-refractivity contribution in [2.75, 3.05) is 4.90 Å². The number of hydrogen-bond acceptors (Lipinski definition) is 2. The van der Waals surface area contributed by atoms with Gasteiger partial charge in [0.05, 0.1) is 11.7 Å². The number of anilines is 1. The van der Waals surface area contributed by atoms with Crippen molar-refractivity contribution in [1.29, 1.82) is 0 Å². The zero-order valence-corrected chi connectivity index (χ0v) is 16.6. The second-order valence-corrected chi connectivity index (χ2v) is 8.08. The fourth-order valence-corrected chi connectivity index (χ4v) is 3.85. The van der Waals surface area contributed by atoms with Gasteiger partial charge in [0.2, 0.25) is 0 Å². The summed E-state index contributed by atoms with van der Waals surface area (Å²) in [6, 6.07) is 13.6. The van der Waals surface area contributed by atoms with Crippen molar-refractivity contribution < 1.29 is 9.18 Å². The Balaban J connectivity index is 1.88. The number of aromatic nitrogens is 2. The van der Waals surface area contributed by atoms with Crippen molar-refractivity contribution in [2.24, 2.45) is 5.92 Å². The molecule has 0 fully saturated rings. The van der Waals surface area contributed by atoms with Crippen molar-refractivity contribution in [3.8, 4) is 0 Å². The fraction of sp³-hybridized carbons (Fsp3) is 0.238. The van der Waals surface area contributed by atoms with Crippen LogP contribution >= 0.6 is 15.9 Å². The maximum atomic E-state index is 13.5. The Hall–Kier alpha value is -2.47. The lowest BCUT2D eigenvalue weighted by atomic mass is 9.95. The van der Waals surface area contributed by atoms with Crippen molar-refractivity contribution in [3.63, 3.8) is 0 Å². The van der Waals surface area contributed by atoms with E-state index < -0.39 is 0 Å². The Morgan fingerprint density at radius 1 is 1.15 bits per heavy atom. The lowest BCUT2D eigenvalue weighted by Gasteiger charge is -2.26. The first-order valence-electron chi connectivity index (χ1n) is 8.87. The molecule has 6 heteroatoms. The first-order chi connectivity index (χ1) is 13.0. The minimum Gasteiger partial charge on any atom is -0.295 e. The number of nitrogens with one attached hydrogen (secondary N) is 1. The monoisotopic (exact) mass is 427 g/mol. The average molecular weight is 428 g/mol. The van der Waals surface area contributed by atoms with Crippen LogP contribution in [-0.2, 0) is 6.42 Å². The van der Waals surface area contributed by atoms with E-state index in [9.17, 15) is 9.18 Å². The molecule has 0 saturated carbocycles. The number of benzene rings is 2. The Kier molecular flexibility index (Phi) is 4.60. The average Bonchev–Trinajstić information content (AvgIpc) is 3.16. The molecule has 1 N–H and O–H groups in total. The number of halogens is 2. The molecule has 138 valence electrons. The van der Waals surface area contributed by atoms with Crippen LogP contribution in [0.25, 0.3) is 0 Å². The zero-order chi connectivity index (χ0) is 19.1. The topological polar surface area (TPSA) is 49.0 Å². The summed E-state index contributed by atoms with van der Waals surface area (Å²) in [4.78, 5) is 15.0. The van der Waals surface area contributed by atoms with Gasteiger partial charge in [-0.3, -0.25) is 14.8 Å². The van der Waals surface area contributed by atoms with Crippen LogP contribution in [0.3, 0.4) is 0 Å². The van der Waals surface area contributed by atoms with Gasteiger partial charge in [-0.15, -0.1) is 0 Å². The lowest BCUT2D eigenvalue weighted by Crippen LogP contribution is -2.29. The molecule has 1 amide bonds. The van der Waals surface area contributed by atoms with E-state index in [1.54, 1.807) is 17.0 Å². The molecule has 4 nitrogen and oxygen atoms in total. The minimum atomic E-state index is -0.332. The summed E-state index contributed by atoms with van der Waals surface area (Å²) in [6.45, 7) is 4.24. The van der Waals surface area contributed by atoms with Gasteiger partial charge in [0.1, 0.15) is 11.5 Å². The van der Waals surface area contributed by atoms with E-state index in [1.807, 2.05) is 24.3 Å². The molecule has 2 aromatic carbocycles. The molecule has 2 heterocycles. The predicted molar refractivity (Wildman–Crippen MR) is 106 cm³/mol.